The van der Waals surface area contributed by atoms with Crippen molar-refractivity contribution in [2.75, 3.05) is 26.2 Å². The summed E-state index contributed by atoms with van der Waals surface area (Å²) in [6.07, 6.45) is 0. The molecule has 1 N–H and O–H groups in total. The summed E-state index contributed by atoms with van der Waals surface area (Å²) in [7, 11) is 0. The van der Waals surface area contributed by atoms with Gasteiger partial charge in [0.1, 0.15) is 5.69 Å². The summed E-state index contributed by atoms with van der Waals surface area (Å²) in [6, 6.07) is 12.4. The summed E-state index contributed by atoms with van der Waals surface area (Å²) in [5, 5.41) is 6.04. The summed E-state index contributed by atoms with van der Waals surface area (Å²) in [4.78, 5) is 39.9. The van der Waals surface area contributed by atoms with Gasteiger partial charge in [-0.05, 0) is 25.5 Å². The van der Waals surface area contributed by atoms with Crippen LogP contribution in [-0.2, 0) is 10.2 Å². The highest BCUT2D eigenvalue weighted by Crippen LogP contribution is 2.26. The average molecular weight is 354 g/mol. The normalized spacial score (nSPS) is 15.0. The predicted molar refractivity (Wildman–Crippen MR) is 96.8 cm³/mol. The van der Waals surface area contributed by atoms with Gasteiger partial charge in [-0.15, -0.1) is 0 Å². The Morgan fingerprint density at radius 2 is 1.58 bits per heavy atom. The number of carbonyl (C=O) groups is 2. The quantitative estimate of drug-likeness (QED) is 0.892. The molecule has 7 heteroatoms. The summed E-state index contributed by atoms with van der Waals surface area (Å²) in [6.45, 7) is 5.68. The predicted octanol–water partition coefficient (Wildman–Crippen LogP) is 1.03. The van der Waals surface area contributed by atoms with Gasteiger partial charge in [0.2, 0.25) is 5.91 Å². The Bertz CT molecular complexity index is 832. The molecule has 0 atom stereocenters. The van der Waals surface area contributed by atoms with Crippen LogP contribution in [0.4, 0.5) is 0 Å². The third-order valence-electron chi connectivity index (χ3n) is 4.78. The molecule has 0 aliphatic carbocycles. The van der Waals surface area contributed by atoms with Crippen LogP contribution < -0.4 is 5.56 Å². The lowest BCUT2D eigenvalue weighted by Gasteiger charge is -2.38. The minimum absolute atomic E-state index is 0.0537. The second kappa shape index (κ2) is 7.11. The lowest BCUT2D eigenvalue weighted by Crippen LogP contribution is -2.54. The van der Waals surface area contributed by atoms with Gasteiger partial charge in [-0.1, -0.05) is 30.3 Å². The Morgan fingerprint density at radius 3 is 2.15 bits per heavy atom. The highest BCUT2D eigenvalue weighted by Gasteiger charge is 2.35. The van der Waals surface area contributed by atoms with Crippen LogP contribution in [0.25, 0.3) is 0 Å². The average Bonchev–Trinajstić information content (AvgIpc) is 2.68. The minimum atomic E-state index is -0.617. The summed E-state index contributed by atoms with van der Waals surface area (Å²) in [5.74, 6) is -0.186. The van der Waals surface area contributed by atoms with E-state index in [-0.39, 0.29) is 23.1 Å². The molecule has 0 saturated carbocycles. The Morgan fingerprint density at radius 1 is 0.962 bits per heavy atom. The fourth-order valence-corrected chi connectivity index (χ4v) is 3.11. The molecule has 0 unspecified atom stereocenters. The van der Waals surface area contributed by atoms with Gasteiger partial charge in [0, 0.05) is 32.2 Å². The maximum Gasteiger partial charge on any atom is 0.274 e. The fourth-order valence-electron chi connectivity index (χ4n) is 3.11. The van der Waals surface area contributed by atoms with E-state index in [0.717, 1.165) is 5.56 Å². The van der Waals surface area contributed by atoms with Crippen molar-refractivity contribution < 1.29 is 9.59 Å². The van der Waals surface area contributed by atoms with Crippen LogP contribution in [0.2, 0.25) is 0 Å². The van der Waals surface area contributed by atoms with Gasteiger partial charge in [0.05, 0.1) is 5.41 Å². The maximum absolute atomic E-state index is 13.0. The van der Waals surface area contributed by atoms with Gasteiger partial charge >= 0.3 is 0 Å². The zero-order valence-electron chi connectivity index (χ0n) is 14.9. The Labute approximate surface area is 151 Å². The van der Waals surface area contributed by atoms with Gasteiger partial charge in [0.15, 0.2) is 0 Å². The molecule has 1 aromatic heterocycles. The topological polar surface area (TPSA) is 86.4 Å². The van der Waals surface area contributed by atoms with E-state index < -0.39 is 5.41 Å². The largest absolute Gasteiger partial charge is 0.338 e. The van der Waals surface area contributed by atoms with Crippen molar-refractivity contribution >= 4 is 11.8 Å². The second-order valence-corrected chi connectivity index (χ2v) is 6.88. The molecule has 1 saturated heterocycles. The number of H-pyrrole nitrogens is 1. The van der Waals surface area contributed by atoms with Gasteiger partial charge in [-0.2, -0.15) is 5.10 Å². The molecule has 7 nitrogen and oxygen atoms in total. The van der Waals surface area contributed by atoms with Gasteiger partial charge in [-0.25, -0.2) is 5.10 Å². The number of piperazine rings is 1. The number of aromatic nitrogens is 2. The van der Waals surface area contributed by atoms with Crippen molar-refractivity contribution in [1.82, 2.24) is 20.0 Å². The number of amides is 2. The van der Waals surface area contributed by atoms with Crippen molar-refractivity contribution in [3.05, 3.63) is 64.1 Å². The third-order valence-corrected chi connectivity index (χ3v) is 4.78. The van der Waals surface area contributed by atoms with E-state index in [2.05, 4.69) is 10.2 Å². The van der Waals surface area contributed by atoms with E-state index in [1.54, 1.807) is 9.80 Å². The van der Waals surface area contributed by atoms with E-state index in [1.807, 2.05) is 44.2 Å². The molecular weight excluding hydrogens is 332 g/mol. The highest BCUT2D eigenvalue weighted by atomic mass is 16.2. The van der Waals surface area contributed by atoms with E-state index in [9.17, 15) is 14.4 Å². The molecule has 0 radical (unpaired) electrons. The Hall–Kier alpha value is -2.96. The van der Waals surface area contributed by atoms with Crippen LogP contribution >= 0.6 is 0 Å². The Balaban J connectivity index is 1.64. The van der Waals surface area contributed by atoms with Crippen molar-refractivity contribution in [2.45, 2.75) is 19.3 Å². The molecule has 136 valence electrons. The molecule has 3 rings (SSSR count). The first-order valence-electron chi connectivity index (χ1n) is 8.59. The van der Waals surface area contributed by atoms with Crippen molar-refractivity contribution in [1.29, 1.82) is 0 Å². The number of hydrogen-bond donors (Lipinski definition) is 1. The molecule has 2 amide bonds. The van der Waals surface area contributed by atoms with Gasteiger partial charge in [0.25, 0.3) is 11.5 Å². The number of benzene rings is 1. The van der Waals surface area contributed by atoms with E-state index >= 15 is 0 Å². The molecule has 1 aliphatic heterocycles. The number of carbonyl (C=O) groups excluding carboxylic acids is 2. The van der Waals surface area contributed by atoms with Crippen molar-refractivity contribution in [3.8, 4) is 0 Å². The molecule has 1 aromatic carbocycles. The lowest BCUT2D eigenvalue weighted by atomic mass is 9.83. The van der Waals surface area contributed by atoms with Crippen molar-refractivity contribution in [3.63, 3.8) is 0 Å². The van der Waals surface area contributed by atoms with E-state index in [1.165, 1.54) is 12.1 Å². The fraction of sp³-hybridized carbons (Fsp3) is 0.368. The highest BCUT2D eigenvalue weighted by molar-refractivity contribution is 5.92. The smallest absolute Gasteiger partial charge is 0.274 e. The molecule has 26 heavy (non-hydrogen) atoms. The molecule has 0 spiro atoms. The molecule has 2 aromatic rings. The Kier molecular flexibility index (Phi) is 4.88. The molecule has 1 aliphatic rings. The SMILES string of the molecule is CC(C)(C(=O)N1CCN(C(=O)c2ccc(=O)[nH]n2)CC1)c1ccccc1. The standard InChI is InChI=1S/C19H22N4O3/c1-19(2,14-6-4-3-5-7-14)18(26)23-12-10-22(11-13-23)17(25)15-8-9-16(24)21-20-15/h3-9H,10-13H2,1-2H3,(H,21,24). The summed E-state index contributed by atoms with van der Waals surface area (Å²) >= 11 is 0. The van der Waals surface area contributed by atoms with Crippen LogP contribution in [-0.4, -0.2) is 58.0 Å². The summed E-state index contributed by atoms with van der Waals surface area (Å²) in [5.41, 5.74) is 0.212. The van der Waals surface area contributed by atoms with Crippen LogP contribution in [0.5, 0.6) is 0 Å². The molecule has 1 fully saturated rings. The van der Waals surface area contributed by atoms with Gasteiger partial charge in [-0.3, -0.25) is 14.4 Å². The van der Waals surface area contributed by atoms with Crippen LogP contribution in [0.1, 0.15) is 29.9 Å². The van der Waals surface area contributed by atoms with Gasteiger partial charge < -0.3 is 9.80 Å². The van der Waals surface area contributed by atoms with E-state index in [0.29, 0.717) is 26.2 Å². The molecular formula is C19H22N4O3. The molecule has 2 heterocycles. The first-order chi connectivity index (χ1) is 12.4. The summed E-state index contributed by atoms with van der Waals surface area (Å²) < 4.78 is 0. The van der Waals surface area contributed by atoms with Crippen molar-refractivity contribution in [2.24, 2.45) is 0 Å². The zero-order valence-corrected chi connectivity index (χ0v) is 14.9. The third kappa shape index (κ3) is 3.51. The number of nitrogens with zero attached hydrogens (tertiary/aromatic N) is 3. The number of aromatic amines is 1. The number of rotatable bonds is 3. The second-order valence-electron chi connectivity index (χ2n) is 6.88. The zero-order chi connectivity index (χ0) is 18.7. The first kappa shape index (κ1) is 17.8. The molecule has 0 bridgehead atoms. The van der Waals surface area contributed by atoms with Crippen LogP contribution in [0.3, 0.4) is 0 Å². The number of hydrogen-bond acceptors (Lipinski definition) is 4. The lowest BCUT2D eigenvalue weighted by molar-refractivity contribution is -0.137. The monoisotopic (exact) mass is 354 g/mol. The minimum Gasteiger partial charge on any atom is -0.338 e. The van der Waals surface area contributed by atoms with Crippen LogP contribution in [0, 0.1) is 0 Å². The van der Waals surface area contributed by atoms with Crippen LogP contribution in [0.15, 0.2) is 47.3 Å². The first-order valence-corrected chi connectivity index (χ1v) is 8.59. The van der Waals surface area contributed by atoms with E-state index in [4.69, 9.17) is 0 Å². The number of nitrogens with one attached hydrogen (secondary N) is 1. The maximum atomic E-state index is 13.0.